The Labute approximate surface area is 155 Å². The summed E-state index contributed by atoms with van der Waals surface area (Å²) in [6, 6.07) is 8.86. The van der Waals surface area contributed by atoms with Crippen LogP contribution in [0.2, 0.25) is 0 Å². The maximum absolute atomic E-state index is 12.3. The number of nitrogens with one attached hydrogen (secondary N) is 1. The van der Waals surface area contributed by atoms with E-state index < -0.39 is 5.91 Å². The first-order chi connectivity index (χ1) is 13.2. The molecule has 0 aliphatic rings. The van der Waals surface area contributed by atoms with Crippen LogP contribution in [-0.2, 0) is 0 Å². The molecule has 0 fully saturated rings. The predicted molar refractivity (Wildman–Crippen MR) is 99.9 cm³/mol. The number of hydrogen-bond donors (Lipinski definition) is 1. The van der Waals surface area contributed by atoms with Crippen molar-refractivity contribution in [2.24, 2.45) is 5.10 Å². The summed E-state index contributed by atoms with van der Waals surface area (Å²) in [5, 5.41) is 3.96. The number of pyridine rings is 1. The summed E-state index contributed by atoms with van der Waals surface area (Å²) in [6.07, 6.45) is 7.75. The second kappa shape index (κ2) is 8.52. The maximum atomic E-state index is 12.3. The predicted octanol–water partition coefficient (Wildman–Crippen LogP) is 2.32. The molecule has 0 aliphatic carbocycles. The molecule has 1 amide bonds. The van der Waals surface area contributed by atoms with Gasteiger partial charge in [-0.25, -0.2) is 10.4 Å². The molecule has 1 N–H and O–H groups in total. The van der Waals surface area contributed by atoms with Crippen LogP contribution in [0.4, 0.5) is 0 Å². The Hall–Kier alpha value is -3.81. The number of hydrogen-bond acceptors (Lipinski definition) is 7. The van der Waals surface area contributed by atoms with E-state index in [0.717, 1.165) is 5.56 Å². The van der Waals surface area contributed by atoms with E-state index in [9.17, 15) is 4.79 Å². The highest BCUT2D eigenvalue weighted by Gasteiger charge is 2.09. The minimum atomic E-state index is -0.468. The van der Waals surface area contributed by atoms with Crippen LogP contribution in [0.3, 0.4) is 0 Å². The lowest BCUT2D eigenvalue weighted by Crippen LogP contribution is -2.19. The highest BCUT2D eigenvalue weighted by molar-refractivity contribution is 5.93. The summed E-state index contributed by atoms with van der Waals surface area (Å²) in [4.78, 5) is 24.6. The van der Waals surface area contributed by atoms with Gasteiger partial charge in [0.1, 0.15) is 17.2 Å². The highest BCUT2D eigenvalue weighted by Crippen LogP contribution is 2.21. The Morgan fingerprint density at radius 1 is 1.04 bits per heavy atom. The van der Waals surface area contributed by atoms with E-state index in [2.05, 4.69) is 25.5 Å². The Balaban J connectivity index is 1.72. The number of carbonyl (C=O) groups excluding carboxylic acids is 1. The number of ether oxygens (including phenoxy) is 2. The number of hydrazone groups is 1. The monoisotopic (exact) mass is 363 g/mol. The van der Waals surface area contributed by atoms with Crippen molar-refractivity contribution in [3.63, 3.8) is 0 Å². The zero-order valence-electron chi connectivity index (χ0n) is 14.8. The number of aromatic nitrogens is 3. The number of benzene rings is 1. The van der Waals surface area contributed by atoms with Gasteiger partial charge in [-0.1, -0.05) is 0 Å². The van der Waals surface area contributed by atoms with Gasteiger partial charge >= 0.3 is 0 Å². The number of methoxy groups -OCH3 is 2. The third-order valence-electron chi connectivity index (χ3n) is 3.60. The van der Waals surface area contributed by atoms with E-state index in [1.807, 2.05) is 0 Å². The Bertz CT molecular complexity index is 938. The van der Waals surface area contributed by atoms with Gasteiger partial charge in [-0.05, 0) is 24.3 Å². The average molecular weight is 363 g/mol. The fourth-order valence-corrected chi connectivity index (χ4v) is 2.26. The molecule has 0 saturated heterocycles. The minimum Gasteiger partial charge on any atom is -0.497 e. The smallest absolute Gasteiger partial charge is 0.291 e. The van der Waals surface area contributed by atoms with Gasteiger partial charge in [0.05, 0.1) is 38.5 Å². The van der Waals surface area contributed by atoms with Crippen LogP contribution in [0.5, 0.6) is 11.5 Å². The van der Waals surface area contributed by atoms with Crippen LogP contribution in [0.15, 0.2) is 60.2 Å². The summed E-state index contributed by atoms with van der Waals surface area (Å²) in [7, 11) is 3.12. The number of amides is 1. The number of carbonyl (C=O) groups is 1. The van der Waals surface area contributed by atoms with Gasteiger partial charge in [0.2, 0.25) is 0 Å². The van der Waals surface area contributed by atoms with Crippen LogP contribution in [-0.4, -0.2) is 41.3 Å². The van der Waals surface area contributed by atoms with E-state index in [4.69, 9.17) is 9.47 Å². The van der Waals surface area contributed by atoms with E-state index >= 15 is 0 Å². The molecule has 3 aromatic rings. The summed E-state index contributed by atoms with van der Waals surface area (Å²) < 4.78 is 10.4. The molecule has 2 heterocycles. The third kappa shape index (κ3) is 4.63. The van der Waals surface area contributed by atoms with Gasteiger partial charge in [-0.15, -0.1) is 0 Å². The van der Waals surface area contributed by atoms with Crippen molar-refractivity contribution in [3.8, 4) is 22.8 Å². The van der Waals surface area contributed by atoms with Crippen molar-refractivity contribution in [2.45, 2.75) is 0 Å². The Kier molecular flexibility index (Phi) is 5.68. The zero-order chi connectivity index (χ0) is 19.1. The van der Waals surface area contributed by atoms with Crippen molar-refractivity contribution in [3.05, 3.63) is 66.4 Å². The van der Waals surface area contributed by atoms with Gasteiger partial charge in [0, 0.05) is 29.6 Å². The lowest BCUT2D eigenvalue weighted by atomic mass is 10.2. The van der Waals surface area contributed by atoms with E-state index in [-0.39, 0.29) is 5.69 Å². The second-order valence-electron chi connectivity index (χ2n) is 5.37. The fraction of sp³-hybridized carbons (Fsp3) is 0.105. The Morgan fingerprint density at radius 3 is 2.41 bits per heavy atom. The standard InChI is InChI=1S/C19H17N5O3/c1-26-15-7-13(8-16(9-15)27-2)10-22-24-19(25)18-12-21-11-17(23-18)14-3-5-20-6-4-14/h3-12H,1-2H3,(H,24,25). The van der Waals surface area contributed by atoms with Crippen molar-refractivity contribution >= 4 is 12.1 Å². The van der Waals surface area contributed by atoms with E-state index in [1.54, 1.807) is 63.1 Å². The van der Waals surface area contributed by atoms with Gasteiger partial charge in [-0.3, -0.25) is 14.8 Å². The molecule has 0 spiro atoms. The molecule has 0 saturated carbocycles. The zero-order valence-corrected chi connectivity index (χ0v) is 14.8. The first-order valence-electron chi connectivity index (χ1n) is 7.98. The molecule has 136 valence electrons. The molecule has 0 aliphatic heterocycles. The SMILES string of the molecule is COc1cc(C=NNC(=O)c2cncc(-c3ccncc3)n2)cc(OC)c1. The van der Waals surface area contributed by atoms with Crippen molar-refractivity contribution < 1.29 is 14.3 Å². The van der Waals surface area contributed by atoms with Gasteiger partial charge in [0.25, 0.3) is 5.91 Å². The molecule has 1 aromatic carbocycles. The number of nitrogens with zero attached hydrogens (tertiary/aromatic N) is 4. The van der Waals surface area contributed by atoms with Crippen molar-refractivity contribution in [1.82, 2.24) is 20.4 Å². The maximum Gasteiger partial charge on any atom is 0.291 e. The molecule has 2 aromatic heterocycles. The summed E-state index contributed by atoms with van der Waals surface area (Å²) >= 11 is 0. The van der Waals surface area contributed by atoms with Crippen LogP contribution in [0.1, 0.15) is 16.1 Å². The van der Waals surface area contributed by atoms with Gasteiger partial charge in [-0.2, -0.15) is 5.10 Å². The molecular weight excluding hydrogens is 346 g/mol. The lowest BCUT2D eigenvalue weighted by molar-refractivity contribution is 0.0950. The summed E-state index contributed by atoms with van der Waals surface area (Å²) in [6.45, 7) is 0. The summed E-state index contributed by atoms with van der Waals surface area (Å²) in [5.74, 6) is 0.778. The molecule has 0 bridgehead atoms. The minimum absolute atomic E-state index is 0.157. The molecule has 8 heteroatoms. The molecule has 0 radical (unpaired) electrons. The molecule has 3 rings (SSSR count). The molecular formula is C19H17N5O3. The first kappa shape index (κ1) is 18.0. The molecule has 0 unspecified atom stereocenters. The quantitative estimate of drug-likeness (QED) is 0.533. The fourth-order valence-electron chi connectivity index (χ4n) is 2.26. The largest absolute Gasteiger partial charge is 0.497 e. The summed E-state index contributed by atoms with van der Waals surface area (Å²) in [5.41, 5.74) is 4.70. The van der Waals surface area contributed by atoms with Crippen molar-refractivity contribution in [1.29, 1.82) is 0 Å². The van der Waals surface area contributed by atoms with E-state index in [0.29, 0.717) is 22.8 Å². The average Bonchev–Trinajstić information content (AvgIpc) is 2.74. The molecule has 0 atom stereocenters. The topological polar surface area (TPSA) is 98.6 Å². The van der Waals surface area contributed by atoms with Crippen LogP contribution < -0.4 is 14.9 Å². The lowest BCUT2D eigenvalue weighted by Gasteiger charge is -2.05. The Morgan fingerprint density at radius 2 is 1.74 bits per heavy atom. The molecule has 27 heavy (non-hydrogen) atoms. The van der Waals surface area contributed by atoms with E-state index in [1.165, 1.54) is 12.4 Å². The first-order valence-corrected chi connectivity index (χ1v) is 7.98. The van der Waals surface area contributed by atoms with Crippen LogP contribution in [0.25, 0.3) is 11.3 Å². The van der Waals surface area contributed by atoms with Gasteiger partial charge in [0.15, 0.2) is 0 Å². The van der Waals surface area contributed by atoms with Crippen molar-refractivity contribution in [2.75, 3.05) is 14.2 Å². The van der Waals surface area contributed by atoms with Crippen LogP contribution in [0, 0.1) is 0 Å². The van der Waals surface area contributed by atoms with Gasteiger partial charge < -0.3 is 9.47 Å². The highest BCUT2D eigenvalue weighted by atomic mass is 16.5. The second-order valence-corrected chi connectivity index (χ2v) is 5.37. The number of rotatable bonds is 6. The third-order valence-corrected chi connectivity index (χ3v) is 3.60. The normalized spacial score (nSPS) is 10.6. The molecule has 8 nitrogen and oxygen atoms in total. The van der Waals surface area contributed by atoms with Crippen LogP contribution >= 0.6 is 0 Å².